The first kappa shape index (κ1) is 26.7. The number of hydrogen-bond donors (Lipinski definition) is 3. The number of halogens is 2. The zero-order chi connectivity index (χ0) is 26.2. The zero-order valence-corrected chi connectivity index (χ0v) is 21.7. The summed E-state index contributed by atoms with van der Waals surface area (Å²) >= 11 is 6.05. The van der Waals surface area contributed by atoms with Crippen molar-refractivity contribution in [2.24, 2.45) is 5.92 Å². The Morgan fingerprint density at radius 1 is 1.03 bits per heavy atom. The second-order valence-corrected chi connectivity index (χ2v) is 10.2. The van der Waals surface area contributed by atoms with Crippen molar-refractivity contribution in [1.29, 1.82) is 0 Å². The van der Waals surface area contributed by atoms with Gasteiger partial charge >= 0.3 is 0 Å². The van der Waals surface area contributed by atoms with E-state index in [-0.39, 0.29) is 23.5 Å². The fraction of sp³-hybridized carbons (Fsp3) is 0.379. The summed E-state index contributed by atoms with van der Waals surface area (Å²) in [5, 5.41) is 9.82. The van der Waals surface area contributed by atoms with Gasteiger partial charge in [0.15, 0.2) is 5.76 Å². The van der Waals surface area contributed by atoms with E-state index in [9.17, 15) is 14.0 Å². The van der Waals surface area contributed by atoms with Gasteiger partial charge in [0.1, 0.15) is 17.6 Å². The van der Waals surface area contributed by atoms with Gasteiger partial charge in [-0.05, 0) is 61.7 Å². The number of amides is 2. The van der Waals surface area contributed by atoms with Crippen molar-refractivity contribution in [3.63, 3.8) is 0 Å². The molecule has 2 aromatic carbocycles. The van der Waals surface area contributed by atoms with Crippen LogP contribution in [0.4, 0.5) is 10.1 Å². The van der Waals surface area contributed by atoms with Crippen molar-refractivity contribution in [2.45, 2.75) is 57.5 Å². The monoisotopic (exact) mass is 525 g/mol. The van der Waals surface area contributed by atoms with Crippen LogP contribution in [0.5, 0.6) is 0 Å². The third kappa shape index (κ3) is 7.83. The average Bonchev–Trinajstić information content (AvgIpc) is 3.38. The minimum atomic E-state index is -0.688. The molecular weight excluding hydrogens is 493 g/mol. The number of furan rings is 1. The lowest BCUT2D eigenvalue weighted by Crippen LogP contribution is -2.51. The van der Waals surface area contributed by atoms with E-state index < -0.39 is 11.9 Å². The van der Waals surface area contributed by atoms with E-state index in [4.69, 9.17) is 16.0 Å². The number of carbonyl (C=O) groups is 2. The molecule has 0 saturated heterocycles. The van der Waals surface area contributed by atoms with E-state index in [0.717, 1.165) is 31.4 Å². The number of nitrogens with one attached hydrogen (secondary N) is 3. The van der Waals surface area contributed by atoms with Crippen LogP contribution in [0, 0.1) is 11.7 Å². The fourth-order valence-corrected chi connectivity index (χ4v) is 4.93. The molecule has 1 fully saturated rings. The van der Waals surface area contributed by atoms with Crippen LogP contribution in [0.1, 0.15) is 56.0 Å². The summed E-state index contributed by atoms with van der Waals surface area (Å²) in [4.78, 5) is 26.3. The van der Waals surface area contributed by atoms with Crippen molar-refractivity contribution < 1.29 is 18.4 Å². The minimum Gasteiger partial charge on any atom is -0.451 e. The van der Waals surface area contributed by atoms with E-state index in [1.165, 1.54) is 18.6 Å². The highest BCUT2D eigenvalue weighted by molar-refractivity contribution is 6.30. The van der Waals surface area contributed by atoms with E-state index in [0.29, 0.717) is 35.2 Å². The number of benzene rings is 2. The standard InChI is InChI=1S/C29H33ClFN3O3/c1-19(18-32-24-12-6-10-22(30)17-24)33-28(35)25(15-20-7-3-2-4-8-20)34-29(36)27-14-13-26(37-27)21-9-5-11-23(31)16-21/h5-6,9-14,16-17,19-20,25,32H,2-4,7-8,15,18H2,1H3,(H,33,35)(H,34,36)/t19-,25-/m0/s1. The molecule has 2 atom stereocenters. The first-order chi connectivity index (χ1) is 17.9. The van der Waals surface area contributed by atoms with Gasteiger partial charge in [-0.3, -0.25) is 9.59 Å². The van der Waals surface area contributed by atoms with Gasteiger partial charge in [0.25, 0.3) is 5.91 Å². The second kappa shape index (κ2) is 12.8. The molecule has 6 nitrogen and oxygen atoms in total. The quantitative estimate of drug-likeness (QED) is 0.285. The van der Waals surface area contributed by atoms with Crippen LogP contribution < -0.4 is 16.0 Å². The van der Waals surface area contributed by atoms with Crippen molar-refractivity contribution in [3.8, 4) is 11.3 Å². The summed E-state index contributed by atoms with van der Waals surface area (Å²) < 4.78 is 19.3. The Balaban J connectivity index is 1.40. The van der Waals surface area contributed by atoms with Crippen LogP contribution in [-0.2, 0) is 4.79 Å². The van der Waals surface area contributed by atoms with Crippen molar-refractivity contribution >= 4 is 29.1 Å². The Labute approximate surface area is 222 Å². The zero-order valence-electron chi connectivity index (χ0n) is 20.9. The van der Waals surface area contributed by atoms with Gasteiger partial charge in [0.05, 0.1) is 0 Å². The highest BCUT2D eigenvalue weighted by Crippen LogP contribution is 2.28. The van der Waals surface area contributed by atoms with E-state index >= 15 is 0 Å². The molecule has 3 aromatic rings. The molecule has 3 N–H and O–H groups in total. The smallest absolute Gasteiger partial charge is 0.287 e. The highest BCUT2D eigenvalue weighted by atomic mass is 35.5. The maximum atomic E-state index is 13.6. The summed E-state index contributed by atoms with van der Waals surface area (Å²) in [7, 11) is 0. The third-order valence-electron chi connectivity index (χ3n) is 6.68. The van der Waals surface area contributed by atoms with Gasteiger partial charge in [0, 0.05) is 28.9 Å². The van der Waals surface area contributed by atoms with Crippen molar-refractivity contribution in [3.05, 3.63) is 77.3 Å². The van der Waals surface area contributed by atoms with E-state index in [2.05, 4.69) is 16.0 Å². The molecule has 0 spiro atoms. The Kier molecular flexibility index (Phi) is 9.23. The largest absolute Gasteiger partial charge is 0.451 e. The number of carbonyl (C=O) groups excluding carboxylic acids is 2. The number of anilines is 1. The molecule has 8 heteroatoms. The van der Waals surface area contributed by atoms with Gasteiger partial charge in [-0.2, -0.15) is 0 Å². The Bertz CT molecular complexity index is 1210. The van der Waals surface area contributed by atoms with Gasteiger partial charge in [-0.25, -0.2) is 4.39 Å². The van der Waals surface area contributed by atoms with Gasteiger partial charge in [-0.15, -0.1) is 0 Å². The van der Waals surface area contributed by atoms with E-state index in [1.807, 2.05) is 25.1 Å². The normalized spacial score (nSPS) is 15.5. The SMILES string of the molecule is C[C@@H](CNc1cccc(Cl)c1)NC(=O)[C@H](CC1CCCCC1)NC(=O)c1ccc(-c2cccc(F)c2)o1. The lowest BCUT2D eigenvalue weighted by Gasteiger charge is -2.27. The Morgan fingerprint density at radius 3 is 2.57 bits per heavy atom. The summed E-state index contributed by atoms with van der Waals surface area (Å²) in [5.41, 5.74) is 1.41. The van der Waals surface area contributed by atoms with Gasteiger partial charge in [0.2, 0.25) is 5.91 Å². The van der Waals surface area contributed by atoms with Crippen LogP contribution in [0.25, 0.3) is 11.3 Å². The lowest BCUT2D eigenvalue weighted by molar-refractivity contribution is -0.124. The Morgan fingerprint density at radius 2 is 1.81 bits per heavy atom. The molecule has 0 radical (unpaired) electrons. The predicted molar refractivity (Wildman–Crippen MR) is 144 cm³/mol. The fourth-order valence-electron chi connectivity index (χ4n) is 4.74. The summed E-state index contributed by atoms with van der Waals surface area (Å²) in [6, 6.07) is 15.7. The molecule has 37 heavy (non-hydrogen) atoms. The average molecular weight is 526 g/mol. The van der Waals surface area contributed by atoms with Crippen LogP contribution in [0.15, 0.2) is 65.1 Å². The summed E-state index contributed by atoms with van der Waals surface area (Å²) in [6.07, 6.45) is 6.17. The molecule has 1 saturated carbocycles. The molecule has 1 aliphatic rings. The molecule has 196 valence electrons. The minimum absolute atomic E-state index is 0.0800. The molecular formula is C29H33ClFN3O3. The molecule has 1 aromatic heterocycles. The summed E-state index contributed by atoms with van der Waals surface area (Å²) in [5.74, 6) is -0.234. The van der Waals surface area contributed by atoms with Gasteiger partial charge in [-0.1, -0.05) is 61.9 Å². The van der Waals surface area contributed by atoms with Gasteiger partial charge < -0.3 is 20.4 Å². The van der Waals surface area contributed by atoms with E-state index in [1.54, 1.807) is 30.3 Å². The molecule has 1 heterocycles. The molecule has 0 bridgehead atoms. The molecule has 0 aliphatic heterocycles. The first-order valence-electron chi connectivity index (χ1n) is 12.8. The summed E-state index contributed by atoms with van der Waals surface area (Å²) in [6.45, 7) is 2.41. The predicted octanol–water partition coefficient (Wildman–Crippen LogP) is 6.42. The maximum absolute atomic E-state index is 13.6. The lowest BCUT2D eigenvalue weighted by atomic mass is 9.84. The van der Waals surface area contributed by atoms with Crippen LogP contribution in [0.3, 0.4) is 0 Å². The highest BCUT2D eigenvalue weighted by Gasteiger charge is 2.28. The first-order valence-corrected chi connectivity index (χ1v) is 13.2. The third-order valence-corrected chi connectivity index (χ3v) is 6.92. The van der Waals surface area contributed by atoms with Crippen molar-refractivity contribution in [1.82, 2.24) is 10.6 Å². The van der Waals surface area contributed by atoms with Crippen molar-refractivity contribution in [2.75, 3.05) is 11.9 Å². The maximum Gasteiger partial charge on any atom is 0.287 e. The van der Waals surface area contributed by atoms with Crippen LogP contribution >= 0.6 is 11.6 Å². The van der Waals surface area contributed by atoms with Crippen LogP contribution in [0.2, 0.25) is 5.02 Å². The molecule has 1 aliphatic carbocycles. The number of rotatable bonds is 10. The topological polar surface area (TPSA) is 83.4 Å². The molecule has 4 rings (SSSR count). The molecule has 2 amide bonds. The second-order valence-electron chi connectivity index (χ2n) is 9.74. The Hall–Kier alpha value is -3.32. The molecule has 0 unspecified atom stereocenters. The number of hydrogen-bond acceptors (Lipinski definition) is 4. The van der Waals surface area contributed by atoms with Crippen LogP contribution in [-0.4, -0.2) is 30.4 Å².